The third-order valence-corrected chi connectivity index (χ3v) is 5.69. The van der Waals surface area contributed by atoms with Crippen LogP contribution in [-0.4, -0.2) is 34.2 Å². The zero-order valence-corrected chi connectivity index (χ0v) is 14.6. The third kappa shape index (κ3) is 3.52. The van der Waals surface area contributed by atoms with Gasteiger partial charge in [0.2, 0.25) is 0 Å². The Balaban J connectivity index is 1.54. The molecular weight excluding hydrogens is 306 g/mol. The molecule has 2 aliphatic rings. The molecule has 4 rings (SSSR count). The predicted octanol–water partition coefficient (Wildman–Crippen LogP) is 3.49. The first-order valence-corrected chi connectivity index (χ1v) is 9.57. The van der Waals surface area contributed by atoms with Crippen LogP contribution < -0.4 is 0 Å². The lowest BCUT2D eigenvalue weighted by Crippen LogP contribution is -2.36. The van der Waals surface area contributed by atoms with Crippen molar-refractivity contribution < 1.29 is 4.74 Å². The van der Waals surface area contributed by atoms with Crippen molar-refractivity contribution in [1.29, 1.82) is 0 Å². The minimum Gasteiger partial charge on any atom is -0.381 e. The van der Waals surface area contributed by atoms with Crippen molar-refractivity contribution in [2.24, 2.45) is 5.92 Å². The van der Waals surface area contributed by atoms with E-state index in [1.54, 1.807) is 0 Å². The molecule has 1 unspecified atom stereocenters. The van der Waals surface area contributed by atoms with Crippen LogP contribution in [0.5, 0.6) is 0 Å². The lowest BCUT2D eigenvalue weighted by molar-refractivity contribution is 0.102. The van der Waals surface area contributed by atoms with Crippen molar-refractivity contribution >= 4 is 11.3 Å². The van der Waals surface area contributed by atoms with Gasteiger partial charge in [-0.25, -0.2) is 4.98 Å². The van der Waals surface area contributed by atoms with Crippen molar-refractivity contribution in [3.63, 3.8) is 0 Å². The molecule has 1 saturated carbocycles. The molecule has 0 N–H and O–H groups in total. The SMILES string of the molecule is CCOCC1CN(Cc2cccs2)Cc2ncn(CC3CC3)c21. The Kier molecular flexibility index (Phi) is 4.51. The second-order valence-corrected chi connectivity index (χ2v) is 7.81. The van der Waals surface area contributed by atoms with Gasteiger partial charge in [0.05, 0.1) is 18.6 Å². The molecule has 0 radical (unpaired) electrons. The highest BCUT2D eigenvalue weighted by Crippen LogP contribution is 2.35. The maximum atomic E-state index is 5.79. The van der Waals surface area contributed by atoms with Gasteiger partial charge in [-0.2, -0.15) is 0 Å². The summed E-state index contributed by atoms with van der Waals surface area (Å²) in [6.07, 6.45) is 4.83. The monoisotopic (exact) mass is 331 g/mol. The van der Waals surface area contributed by atoms with E-state index in [0.29, 0.717) is 5.92 Å². The van der Waals surface area contributed by atoms with Crippen molar-refractivity contribution in [2.75, 3.05) is 19.8 Å². The second kappa shape index (κ2) is 6.75. The van der Waals surface area contributed by atoms with E-state index in [9.17, 15) is 0 Å². The zero-order valence-electron chi connectivity index (χ0n) is 13.8. The van der Waals surface area contributed by atoms with Crippen LogP contribution in [0.25, 0.3) is 0 Å². The highest BCUT2D eigenvalue weighted by molar-refractivity contribution is 7.09. The minimum absolute atomic E-state index is 0.444. The van der Waals surface area contributed by atoms with Crippen molar-refractivity contribution in [3.8, 4) is 0 Å². The Bertz CT molecular complexity index is 633. The van der Waals surface area contributed by atoms with Crippen LogP contribution in [0.15, 0.2) is 23.8 Å². The lowest BCUT2D eigenvalue weighted by Gasteiger charge is -2.33. The van der Waals surface area contributed by atoms with Crippen molar-refractivity contribution in [2.45, 2.75) is 45.3 Å². The Hall–Kier alpha value is -1.17. The smallest absolute Gasteiger partial charge is 0.0952 e. The second-order valence-electron chi connectivity index (χ2n) is 6.78. The number of ether oxygens (including phenoxy) is 1. The number of fused-ring (bicyclic) bond motifs is 1. The van der Waals surface area contributed by atoms with Crippen LogP contribution in [0.3, 0.4) is 0 Å². The summed E-state index contributed by atoms with van der Waals surface area (Å²) in [7, 11) is 0. The first-order chi connectivity index (χ1) is 11.3. The van der Waals surface area contributed by atoms with Crippen molar-refractivity contribution in [3.05, 3.63) is 40.1 Å². The minimum atomic E-state index is 0.444. The Morgan fingerprint density at radius 2 is 2.30 bits per heavy atom. The van der Waals surface area contributed by atoms with Crippen LogP contribution in [0, 0.1) is 5.92 Å². The number of aromatic nitrogens is 2. The molecule has 124 valence electrons. The van der Waals surface area contributed by atoms with Gasteiger partial charge >= 0.3 is 0 Å². The lowest BCUT2D eigenvalue weighted by atomic mass is 9.98. The van der Waals surface area contributed by atoms with Gasteiger partial charge < -0.3 is 9.30 Å². The first-order valence-electron chi connectivity index (χ1n) is 8.70. The van der Waals surface area contributed by atoms with Crippen LogP contribution in [0.2, 0.25) is 0 Å². The van der Waals surface area contributed by atoms with E-state index in [0.717, 1.165) is 45.3 Å². The molecular formula is C18H25N3OS. The standard InChI is InChI=1S/C18H25N3OS/c1-2-22-12-15-9-20(10-16-4-3-7-23-16)11-17-18(15)21(13-19-17)8-14-5-6-14/h3-4,7,13-15H,2,5-6,8-12H2,1H3. The van der Waals surface area contributed by atoms with Crippen molar-refractivity contribution in [1.82, 2.24) is 14.5 Å². The summed E-state index contributed by atoms with van der Waals surface area (Å²) in [4.78, 5) is 8.70. The van der Waals surface area contributed by atoms with Gasteiger partial charge in [0.25, 0.3) is 0 Å². The maximum Gasteiger partial charge on any atom is 0.0952 e. The molecule has 0 aromatic carbocycles. The molecule has 0 saturated heterocycles. The predicted molar refractivity (Wildman–Crippen MR) is 92.6 cm³/mol. The molecule has 2 aromatic heterocycles. The van der Waals surface area contributed by atoms with Gasteiger partial charge in [-0.05, 0) is 37.1 Å². The van der Waals surface area contributed by atoms with Gasteiger partial charge in [-0.15, -0.1) is 11.3 Å². The highest BCUT2D eigenvalue weighted by Gasteiger charge is 2.32. The summed E-state index contributed by atoms with van der Waals surface area (Å²) in [6, 6.07) is 4.36. The third-order valence-electron chi connectivity index (χ3n) is 4.83. The molecule has 0 amide bonds. The number of hydrogen-bond donors (Lipinski definition) is 0. The number of thiophene rings is 1. The average Bonchev–Trinajstić information content (AvgIpc) is 3.05. The number of nitrogens with zero attached hydrogens (tertiary/aromatic N) is 3. The largest absolute Gasteiger partial charge is 0.381 e. The van der Waals surface area contributed by atoms with E-state index in [1.165, 1.54) is 29.1 Å². The molecule has 0 bridgehead atoms. The summed E-state index contributed by atoms with van der Waals surface area (Å²) >= 11 is 1.84. The van der Waals surface area contributed by atoms with E-state index in [2.05, 4.69) is 40.2 Å². The van der Waals surface area contributed by atoms with Gasteiger partial charge in [0.1, 0.15) is 0 Å². The Labute approximate surface area is 142 Å². The molecule has 1 aliphatic carbocycles. The maximum absolute atomic E-state index is 5.79. The van der Waals surface area contributed by atoms with Crippen LogP contribution in [-0.2, 0) is 24.4 Å². The fraction of sp³-hybridized carbons (Fsp3) is 0.611. The fourth-order valence-electron chi connectivity index (χ4n) is 3.56. The number of hydrogen-bond acceptors (Lipinski definition) is 4. The van der Waals surface area contributed by atoms with E-state index in [1.807, 2.05) is 11.3 Å². The Morgan fingerprint density at radius 3 is 3.04 bits per heavy atom. The molecule has 1 fully saturated rings. The van der Waals surface area contributed by atoms with Crippen LogP contribution in [0.1, 0.15) is 41.9 Å². The molecule has 3 heterocycles. The number of rotatable bonds is 7. The molecule has 5 heteroatoms. The van der Waals surface area contributed by atoms with Gasteiger partial charge in [-0.3, -0.25) is 4.90 Å². The Morgan fingerprint density at radius 1 is 1.39 bits per heavy atom. The first kappa shape index (κ1) is 15.4. The summed E-state index contributed by atoms with van der Waals surface area (Å²) in [5.41, 5.74) is 2.70. The summed E-state index contributed by atoms with van der Waals surface area (Å²) in [6.45, 7) is 7.88. The molecule has 2 aromatic rings. The normalized spacial score (nSPS) is 21.5. The number of imidazole rings is 1. The van der Waals surface area contributed by atoms with Gasteiger partial charge in [0, 0.05) is 49.3 Å². The topological polar surface area (TPSA) is 30.3 Å². The fourth-order valence-corrected chi connectivity index (χ4v) is 4.31. The molecule has 0 spiro atoms. The summed E-state index contributed by atoms with van der Waals surface area (Å²) in [5.74, 6) is 1.32. The van der Waals surface area contributed by atoms with Gasteiger partial charge in [0.15, 0.2) is 0 Å². The zero-order chi connectivity index (χ0) is 15.6. The average molecular weight is 331 g/mol. The van der Waals surface area contributed by atoms with E-state index in [4.69, 9.17) is 9.72 Å². The quantitative estimate of drug-likeness (QED) is 0.778. The van der Waals surface area contributed by atoms with E-state index >= 15 is 0 Å². The molecule has 23 heavy (non-hydrogen) atoms. The van der Waals surface area contributed by atoms with Crippen LogP contribution >= 0.6 is 11.3 Å². The molecule has 1 atom stereocenters. The van der Waals surface area contributed by atoms with E-state index < -0.39 is 0 Å². The van der Waals surface area contributed by atoms with Crippen LogP contribution in [0.4, 0.5) is 0 Å². The molecule has 4 nitrogen and oxygen atoms in total. The molecule has 1 aliphatic heterocycles. The summed E-state index contributed by atoms with van der Waals surface area (Å²) < 4.78 is 8.21. The summed E-state index contributed by atoms with van der Waals surface area (Å²) in [5, 5.41) is 2.16. The van der Waals surface area contributed by atoms with E-state index in [-0.39, 0.29) is 0 Å². The highest BCUT2D eigenvalue weighted by atomic mass is 32.1. The van der Waals surface area contributed by atoms with Gasteiger partial charge in [-0.1, -0.05) is 6.07 Å².